The fourth-order valence-electron chi connectivity index (χ4n) is 0.877. The Morgan fingerprint density at radius 3 is 2.50 bits per heavy atom. The third-order valence-electron chi connectivity index (χ3n) is 1.54. The molecule has 0 aliphatic carbocycles. The molecule has 74 valence electrons. The number of nitrogens with two attached hydrogens (primary N) is 1. The molecule has 0 aromatic heterocycles. The second kappa shape index (κ2) is 4.30. The molecule has 6 heteroatoms. The highest BCUT2D eigenvalue weighted by Gasteiger charge is 2.13. The van der Waals surface area contributed by atoms with E-state index in [1.807, 2.05) is 0 Å². The van der Waals surface area contributed by atoms with Gasteiger partial charge >= 0.3 is 5.97 Å². The van der Waals surface area contributed by atoms with Gasteiger partial charge in [-0.05, 0) is 18.2 Å². The van der Waals surface area contributed by atoms with Gasteiger partial charge in [-0.3, -0.25) is 4.79 Å². The predicted molar refractivity (Wildman–Crippen MR) is 51.2 cm³/mol. The first-order valence-corrected chi connectivity index (χ1v) is 4.17. The fraction of sp³-hybridized carbons (Fsp3) is 0. The quantitative estimate of drug-likeness (QED) is 0.847. The van der Waals surface area contributed by atoms with Gasteiger partial charge in [-0.25, -0.2) is 4.79 Å². The van der Waals surface area contributed by atoms with Crippen LogP contribution in [0.2, 0.25) is 5.02 Å². The number of rotatable bonds is 2. The summed E-state index contributed by atoms with van der Waals surface area (Å²) in [6.07, 6.45) is 0. The average Bonchev–Trinajstić information content (AvgIpc) is 2.17. The molecule has 0 aliphatic rings. The lowest BCUT2D eigenvalue weighted by Gasteiger charge is -2.01. The van der Waals surface area contributed by atoms with E-state index in [2.05, 4.69) is 4.29 Å². The first-order valence-electron chi connectivity index (χ1n) is 3.48. The van der Waals surface area contributed by atoms with Gasteiger partial charge < -0.3 is 10.0 Å². The molecular weight excluding hydrogens is 229 g/mol. The van der Waals surface area contributed by atoms with E-state index in [4.69, 9.17) is 29.2 Å². The van der Waals surface area contributed by atoms with Gasteiger partial charge in [0.25, 0.3) is 0 Å². The molecule has 0 saturated carbocycles. The SMILES string of the molecule is NC(=O)c1ccc(Cl)c(C(=O)OCl)c1. The van der Waals surface area contributed by atoms with E-state index >= 15 is 0 Å². The topological polar surface area (TPSA) is 69.4 Å². The summed E-state index contributed by atoms with van der Waals surface area (Å²) in [4.78, 5) is 21.8. The van der Waals surface area contributed by atoms with Crippen LogP contribution in [0.5, 0.6) is 0 Å². The Labute approximate surface area is 89.7 Å². The summed E-state index contributed by atoms with van der Waals surface area (Å²) in [5, 5.41) is 0.139. The van der Waals surface area contributed by atoms with Crippen molar-refractivity contribution in [2.45, 2.75) is 0 Å². The van der Waals surface area contributed by atoms with Gasteiger partial charge in [0.1, 0.15) is 11.9 Å². The zero-order chi connectivity index (χ0) is 10.7. The molecule has 0 unspecified atom stereocenters. The second-order valence-electron chi connectivity index (χ2n) is 2.42. The second-order valence-corrected chi connectivity index (χ2v) is 2.98. The Morgan fingerprint density at radius 1 is 1.36 bits per heavy atom. The van der Waals surface area contributed by atoms with E-state index in [9.17, 15) is 9.59 Å². The Bertz CT molecular complexity index is 392. The normalized spacial score (nSPS) is 9.57. The van der Waals surface area contributed by atoms with Crippen molar-refractivity contribution < 1.29 is 13.9 Å². The van der Waals surface area contributed by atoms with Gasteiger partial charge in [0.2, 0.25) is 5.91 Å². The fourth-order valence-corrected chi connectivity index (χ4v) is 1.15. The lowest BCUT2D eigenvalue weighted by Crippen LogP contribution is -2.12. The highest BCUT2D eigenvalue weighted by molar-refractivity contribution is 6.34. The summed E-state index contributed by atoms with van der Waals surface area (Å²) in [5.74, 6) is -1.50. The molecule has 1 aromatic rings. The van der Waals surface area contributed by atoms with Crippen LogP contribution >= 0.6 is 23.5 Å². The molecule has 14 heavy (non-hydrogen) atoms. The van der Waals surface area contributed by atoms with E-state index in [0.717, 1.165) is 0 Å². The number of halogens is 2. The highest BCUT2D eigenvalue weighted by Crippen LogP contribution is 2.18. The maximum Gasteiger partial charge on any atom is 0.357 e. The summed E-state index contributed by atoms with van der Waals surface area (Å²) >= 11 is 10.5. The molecule has 0 atom stereocenters. The van der Waals surface area contributed by atoms with Crippen molar-refractivity contribution in [1.29, 1.82) is 0 Å². The minimum absolute atomic E-state index is 0.00188. The summed E-state index contributed by atoms with van der Waals surface area (Å²) in [6, 6.07) is 3.98. The largest absolute Gasteiger partial charge is 0.366 e. The molecule has 1 rings (SSSR count). The van der Waals surface area contributed by atoms with Gasteiger partial charge in [-0.1, -0.05) is 11.6 Å². The van der Waals surface area contributed by atoms with Crippen molar-refractivity contribution in [3.05, 3.63) is 34.3 Å². The molecular formula is C8H5Cl2NO3. The molecule has 0 radical (unpaired) electrons. The van der Waals surface area contributed by atoms with Crippen molar-refractivity contribution in [1.82, 2.24) is 0 Å². The van der Waals surface area contributed by atoms with Gasteiger partial charge in [0, 0.05) is 5.56 Å². The highest BCUT2D eigenvalue weighted by atomic mass is 35.5. The molecule has 0 spiro atoms. The number of benzene rings is 1. The van der Waals surface area contributed by atoms with Crippen molar-refractivity contribution in [3.63, 3.8) is 0 Å². The Kier molecular flexibility index (Phi) is 3.33. The Hall–Kier alpha value is -1.26. The first kappa shape index (κ1) is 10.8. The number of primary amides is 1. The standard InChI is InChI=1S/C8H5Cl2NO3/c9-6-2-1-4(7(11)12)3-5(6)8(13)14-10/h1-3H,(H2,11,12). The first-order chi connectivity index (χ1) is 6.56. The van der Waals surface area contributed by atoms with Crippen LogP contribution in [-0.4, -0.2) is 11.9 Å². The monoisotopic (exact) mass is 233 g/mol. The number of amides is 1. The molecule has 0 saturated heterocycles. The lowest BCUT2D eigenvalue weighted by atomic mass is 10.1. The van der Waals surface area contributed by atoms with Gasteiger partial charge in [-0.15, -0.1) is 0 Å². The van der Waals surface area contributed by atoms with Crippen LogP contribution in [0.4, 0.5) is 0 Å². The maximum atomic E-state index is 11.0. The number of carbonyl (C=O) groups excluding carboxylic acids is 2. The van der Waals surface area contributed by atoms with E-state index in [0.29, 0.717) is 0 Å². The average molecular weight is 234 g/mol. The van der Waals surface area contributed by atoms with Crippen molar-refractivity contribution in [3.8, 4) is 0 Å². The third kappa shape index (κ3) is 2.16. The molecule has 0 fully saturated rings. The minimum Gasteiger partial charge on any atom is -0.366 e. The third-order valence-corrected chi connectivity index (χ3v) is 2.01. The summed E-state index contributed by atoms with van der Waals surface area (Å²) in [6.45, 7) is 0. The lowest BCUT2D eigenvalue weighted by molar-refractivity contribution is 0.0751. The summed E-state index contributed by atoms with van der Waals surface area (Å²) < 4.78 is 3.95. The minimum atomic E-state index is -0.834. The molecule has 2 N–H and O–H groups in total. The Morgan fingerprint density at radius 2 is 2.00 bits per heavy atom. The number of hydrogen-bond donors (Lipinski definition) is 1. The molecule has 0 heterocycles. The van der Waals surface area contributed by atoms with Crippen LogP contribution in [0, 0.1) is 0 Å². The van der Waals surface area contributed by atoms with Gasteiger partial charge in [0.15, 0.2) is 0 Å². The zero-order valence-corrected chi connectivity index (χ0v) is 8.30. The number of hydrogen-bond acceptors (Lipinski definition) is 3. The van der Waals surface area contributed by atoms with Crippen LogP contribution < -0.4 is 5.73 Å². The molecule has 1 amide bonds. The van der Waals surface area contributed by atoms with Crippen LogP contribution in [0.1, 0.15) is 20.7 Å². The smallest absolute Gasteiger partial charge is 0.357 e. The van der Waals surface area contributed by atoms with Crippen molar-refractivity contribution in [2.75, 3.05) is 0 Å². The van der Waals surface area contributed by atoms with E-state index in [1.165, 1.54) is 18.2 Å². The van der Waals surface area contributed by atoms with Crippen molar-refractivity contribution >= 4 is 35.3 Å². The van der Waals surface area contributed by atoms with Crippen LogP contribution in [0.3, 0.4) is 0 Å². The zero-order valence-electron chi connectivity index (χ0n) is 6.79. The maximum absolute atomic E-state index is 11.0. The molecule has 0 bridgehead atoms. The predicted octanol–water partition coefficient (Wildman–Crippen LogP) is 1.75. The molecule has 4 nitrogen and oxygen atoms in total. The van der Waals surface area contributed by atoms with Crippen LogP contribution in [0.15, 0.2) is 18.2 Å². The molecule has 0 aliphatic heterocycles. The van der Waals surface area contributed by atoms with E-state index in [1.54, 1.807) is 0 Å². The Balaban J connectivity index is 3.21. The van der Waals surface area contributed by atoms with Crippen LogP contribution in [0.25, 0.3) is 0 Å². The van der Waals surface area contributed by atoms with Gasteiger partial charge in [-0.2, -0.15) is 0 Å². The van der Waals surface area contributed by atoms with Crippen LogP contribution in [-0.2, 0) is 4.29 Å². The van der Waals surface area contributed by atoms with Gasteiger partial charge in [0.05, 0.1) is 10.6 Å². The summed E-state index contributed by atoms with van der Waals surface area (Å²) in [5.41, 5.74) is 5.16. The molecule has 1 aromatic carbocycles. The van der Waals surface area contributed by atoms with Crippen molar-refractivity contribution in [2.24, 2.45) is 5.73 Å². The van der Waals surface area contributed by atoms with E-state index in [-0.39, 0.29) is 16.1 Å². The summed E-state index contributed by atoms with van der Waals surface area (Å²) in [7, 11) is 0. The number of carbonyl (C=O) groups is 2. The van der Waals surface area contributed by atoms with E-state index < -0.39 is 11.9 Å².